The first kappa shape index (κ1) is 19.6. The van der Waals surface area contributed by atoms with Crippen molar-refractivity contribution in [3.05, 3.63) is 46.8 Å². The van der Waals surface area contributed by atoms with Gasteiger partial charge in [0.2, 0.25) is 15.9 Å². The zero-order chi connectivity index (χ0) is 19.6. The van der Waals surface area contributed by atoms with Crippen LogP contribution in [0, 0.1) is 13.8 Å². The first-order chi connectivity index (χ1) is 12.8. The van der Waals surface area contributed by atoms with Gasteiger partial charge in [-0.05, 0) is 44.7 Å². The summed E-state index contributed by atoms with van der Waals surface area (Å²) in [4.78, 5) is 12.5. The summed E-state index contributed by atoms with van der Waals surface area (Å²) in [5.74, 6) is -0.167. The van der Waals surface area contributed by atoms with Crippen LogP contribution in [0.5, 0.6) is 0 Å². The maximum absolute atomic E-state index is 12.4. The molecule has 3 rings (SSSR count). The molecule has 27 heavy (non-hydrogen) atoms. The zero-order valence-corrected chi connectivity index (χ0v) is 16.8. The number of nitrogens with one attached hydrogen (secondary N) is 2. The minimum atomic E-state index is -3.63. The Hall–Kier alpha value is -2.19. The molecule has 1 amide bonds. The average Bonchev–Trinajstić information content (AvgIpc) is 2.97. The first-order valence-electron chi connectivity index (χ1n) is 9.15. The molecular formula is C19H26N4O3S. The molecular weight excluding hydrogens is 364 g/mol. The molecule has 0 bridgehead atoms. The number of hydrogen-bond acceptors (Lipinski definition) is 4. The average molecular weight is 391 g/mol. The van der Waals surface area contributed by atoms with Gasteiger partial charge < -0.3 is 5.32 Å². The van der Waals surface area contributed by atoms with E-state index in [1.165, 1.54) is 0 Å². The van der Waals surface area contributed by atoms with Gasteiger partial charge >= 0.3 is 0 Å². The zero-order valence-electron chi connectivity index (χ0n) is 15.9. The van der Waals surface area contributed by atoms with Crippen molar-refractivity contribution in [2.24, 2.45) is 7.05 Å². The van der Waals surface area contributed by atoms with Crippen LogP contribution in [0.15, 0.2) is 29.3 Å². The van der Waals surface area contributed by atoms with Gasteiger partial charge in [0, 0.05) is 31.3 Å². The van der Waals surface area contributed by atoms with Gasteiger partial charge in [-0.3, -0.25) is 9.48 Å². The first-order valence-corrected chi connectivity index (χ1v) is 10.6. The number of aromatic nitrogens is 2. The Morgan fingerprint density at radius 3 is 2.85 bits per heavy atom. The molecule has 0 saturated heterocycles. The lowest BCUT2D eigenvalue weighted by Crippen LogP contribution is -2.34. The molecule has 0 saturated carbocycles. The third-order valence-corrected chi connectivity index (χ3v) is 6.60. The van der Waals surface area contributed by atoms with Gasteiger partial charge in [0.1, 0.15) is 0 Å². The summed E-state index contributed by atoms with van der Waals surface area (Å²) < 4.78 is 29.3. The third-order valence-electron chi connectivity index (χ3n) is 4.97. The minimum absolute atomic E-state index is 0.0501. The van der Waals surface area contributed by atoms with Gasteiger partial charge in [0.15, 0.2) is 0 Å². The fourth-order valence-corrected chi connectivity index (χ4v) is 4.86. The van der Waals surface area contributed by atoms with Crippen molar-refractivity contribution >= 4 is 15.9 Å². The van der Waals surface area contributed by atoms with Crippen molar-refractivity contribution in [2.45, 2.75) is 50.5 Å². The highest BCUT2D eigenvalue weighted by atomic mass is 32.2. The van der Waals surface area contributed by atoms with Crippen LogP contribution in [0.25, 0.3) is 0 Å². The van der Waals surface area contributed by atoms with E-state index in [0.717, 1.165) is 36.1 Å². The number of benzene rings is 1. The number of sulfonamides is 1. The van der Waals surface area contributed by atoms with Gasteiger partial charge in [0.05, 0.1) is 17.1 Å². The molecule has 1 aliphatic carbocycles. The Morgan fingerprint density at radius 2 is 2.11 bits per heavy atom. The van der Waals surface area contributed by atoms with Crippen molar-refractivity contribution in [3.8, 4) is 0 Å². The Labute approximate surface area is 160 Å². The van der Waals surface area contributed by atoms with Crippen molar-refractivity contribution in [1.82, 2.24) is 19.8 Å². The smallest absolute Gasteiger partial charge is 0.240 e. The molecule has 1 aliphatic rings. The molecule has 1 atom stereocenters. The van der Waals surface area contributed by atoms with Crippen LogP contribution >= 0.6 is 0 Å². The number of carbonyl (C=O) groups excluding carboxylic acids is 1. The minimum Gasteiger partial charge on any atom is -0.349 e. The van der Waals surface area contributed by atoms with Gasteiger partial charge in [0.25, 0.3) is 0 Å². The Balaban J connectivity index is 1.55. The Morgan fingerprint density at radius 1 is 1.33 bits per heavy atom. The summed E-state index contributed by atoms with van der Waals surface area (Å²) in [6.45, 7) is 3.75. The molecule has 1 heterocycles. The molecule has 2 aromatic rings. The second kappa shape index (κ2) is 7.82. The van der Waals surface area contributed by atoms with E-state index in [1.807, 2.05) is 30.9 Å². The molecule has 1 aromatic heterocycles. The predicted molar refractivity (Wildman–Crippen MR) is 103 cm³/mol. The highest BCUT2D eigenvalue weighted by molar-refractivity contribution is 7.89. The molecule has 0 fully saturated rings. The van der Waals surface area contributed by atoms with Gasteiger partial charge in [-0.15, -0.1) is 0 Å². The van der Waals surface area contributed by atoms with Crippen molar-refractivity contribution in [3.63, 3.8) is 0 Å². The van der Waals surface area contributed by atoms with Crippen LogP contribution in [-0.2, 0) is 28.3 Å². The lowest BCUT2D eigenvalue weighted by molar-refractivity contribution is -0.121. The second-order valence-electron chi connectivity index (χ2n) is 7.10. The quantitative estimate of drug-likeness (QED) is 0.788. The maximum Gasteiger partial charge on any atom is 0.240 e. The Bertz CT molecular complexity index is 950. The summed E-state index contributed by atoms with van der Waals surface area (Å²) >= 11 is 0. The van der Waals surface area contributed by atoms with Crippen LogP contribution in [0.2, 0.25) is 0 Å². The lowest BCUT2D eigenvalue weighted by Gasteiger charge is -2.23. The monoisotopic (exact) mass is 390 g/mol. The standard InChI is InChI=1S/C19H26N4O3S/c1-13-7-8-18(14(2)11-13)27(25,26)21-10-9-19(24)22-16-5-4-6-17-15(16)12-20-23(17)3/h7-8,11-12,16,21H,4-6,9-10H2,1-3H3,(H,22,24). The largest absolute Gasteiger partial charge is 0.349 e. The van der Waals surface area contributed by atoms with Crippen LogP contribution < -0.4 is 10.0 Å². The highest BCUT2D eigenvalue weighted by Crippen LogP contribution is 2.29. The van der Waals surface area contributed by atoms with E-state index < -0.39 is 10.0 Å². The van der Waals surface area contributed by atoms with E-state index in [9.17, 15) is 13.2 Å². The number of amides is 1. The molecule has 1 unspecified atom stereocenters. The summed E-state index contributed by atoms with van der Waals surface area (Å²) in [6.07, 6.45) is 4.74. The molecule has 0 aliphatic heterocycles. The molecule has 146 valence electrons. The number of fused-ring (bicyclic) bond motifs is 1. The van der Waals surface area contributed by atoms with Crippen molar-refractivity contribution < 1.29 is 13.2 Å². The fraction of sp³-hybridized carbons (Fsp3) is 0.474. The summed E-state index contributed by atoms with van der Waals surface area (Å²) in [7, 11) is -1.72. The van der Waals surface area contributed by atoms with E-state index >= 15 is 0 Å². The van der Waals surface area contributed by atoms with Gasteiger partial charge in [-0.25, -0.2) is 13.1 Å². The molecule has 2 N–H and O–H groups in total. The van der Waals surface area contributed by atoms with Crippen LogP contribution in [0.3, 0.4) is 0 Å². The lowest BCUT2D eigenvalue weighted by atomic mass is 9.93. The fourth-order valence-electron chi connectivity index (χ4n) is 3.60. The van der Waals surface area contributed by atoms with Crippen LogP contribution in [-0.4, -0.2) is 30.7 Å². The Kier molecular flexibility index (Phi) is 5.67. The number of hydrogen-bond donors (Lipinski definition) is 2. The number of aryl methyl sites for hydroxylation is 3. The molecule has 0 spiro atoms. The highest BCUT2D eigenvalue weighted by Gasteiger charge is 2.25. The van der Waals surface area contributed by atoms with E-state index in [0.29, 0.717) is 5.56 Å². The maximum atomic E-state index is 12.4. The van der Waals surface area contributed by atoms with E-state index in [4.69, 9.17) is 0 Å². The summed E-state index contributed by atoms with van der Waals surface area (Å²) in [6, 6.07) is 5.14. The predicted octanol–water partition coefficient (Wildman–Crippen LogP) is 1.90. The van der Waals surface area contributed by atoms with E-state index in [1.54, 1.807) is 19.1 Å². The van der Waals surface area contributed by atoms with Crippen LogP contribution in [0.4, 0.5) is 0 Å². The summed E-state index contributed by atoms with van der Waals surface area (Å²) in [5.41, 5.74) is 3.92. The van der Waals surface area contributed by atoms with Gasteiger partial charge in [-0.2, -0.15) is 5.10 Å². The number of carbonyl (C=O) groups is 1. The van der Waals surface area contributed by atoms with E-state index in [2.05, 4.69) is 15.1 Å². The molecule has 8 heteroatoms. The number of rotatable bonds is 6. The molecule has 7 nitrogen and oxygen atoms in total. The molecule has 1 aromatic carbocycles. The summed E-state index contributed by atoms with van der Waals surface area (Å²) in [5, 5.41) is 7.28. The van der Waals surface area contributed by atoms with Crippen molar-refractivity contribution in [1.29, 1.82) is 0 Å². The normalized spacial score (nSPS) is 16.8. The van der Waals surface area contributed by atoms with Crippen LogP contribution in [0.1, 0.15) is 47.7 Å². The molecule has 0 radical (unpaired) electrons. The second-order valence-corrected chi connectivity index (χ2v) is 8.83. The van der Waals surface area contributed by atoms with Gasteiger partial charge in [-0.1, -0.05) is 17.7 Å². The third kappa shape index (κ3) is 4.39. The van der Waals surface area contributed by atoms with E-state index in [-0.39, 0.29) is 29.8 Å². The van der Waals surface area contributed by atoms with Crippen molar-refractivity contribution in [2.75, 3.05) is 6.54 Å². The topological polar surface area (TPSA) is 93.1 Å². The SMILES string of the molecule is Cc1ccc(S(=O)(=O)NCCC(=O)NC2CCCc3c2cnn3C)c(C)c1. The number of nitrogens with zero attached hydrogens (tertiary/aromatic N) is 2.